The van der Waals surface area contributed by atoms with Gasteiger partial charge in [-0.3, -0.25) is 4.79 Å². The molecule has 0 saturated carbocycles. The fraction of sp³-hybridized carbons (Fsp3) is 0. The van der Waals surface area contributed by atoms with Crippen LogP contribution in [-0.2, 0) is 0 Å². The largest absolute Gasteiger partial charge is 0.594 e. The van der Waals surface area contributed by atoms with E-state index in [1.165, 1.54) is 0 Å². The minimum atomic E-state index is -0.160. The Labute approximate surface area is 156 Å². The molecule has 0 aliphatic carbocycles. The summed E-state index contributed by atoms with van der Waals surface area (Å²) in [5.41, 5.74) is 1.73. The van der Waals surface area contributed by atoms with E-state index in [0.29, 0.717) is 27.4 Å². The standard InChI is InChI=1S/C23H16N2O2/c26-23(20-15-8-10-17-9-4-5-13-19(17)20)21-14-6-7-16-22(21)24-25(27)18-11-2-1-3-12-18/h1-16H. The van der Waals surface area contributed by atoms with Crippen LogP contribution in [0.2, 0.25) is 0 Å². The first-order valence-corrected chi connectivity index (χ1v) is 8.59. The Hall–Kier alpha value is -3.79. The second kappa shape index (κ2) is 7.22. The second-order valence-corrected chi connectivity index (χ2v) is 6.08. The predicted octanol–water partition coefficient (Wildman–Crippen LogP) is 6.00. The molecule has 0 N–H and O–H groups in total. The molecule has 0 saturated heterocycles. The molecule has 4 heteroatoms. The highest BCUT2D eigenvalue weighted by atomic mass is 16.5. The number of nitrogens with zero attached hydrogens (tertiary/aromatic N) is 2. The summed E-state index contributed by atoms with van der Waals surface area (Å²) in [4.78, 5) is 13.8. The van der Waals surface area contributed by atoms with E-state index < -0.39 is 0 Å². The molecule has 4 rings (SSSR count). The molecular weight excluding hydrogens is 336 g/mol. The Morgan fingerprint density at radius 2 is 1.33 bits per heavy atom. The van der Waals surface area contributed by atoms with E-state index in [2.05, 4.69) is 5.11 Å². The second-order valence-electron chi connectivity index (χ2n) is 6.08. The van der Waals surface area contributed by atoms with Crippen molar-refractivity contribution in [2.75, 3.05) is 0 Å². The number of fused-ring (bicyclic) bond motifs is 1. The number of rotatable bonds is 4. The third-order valence-corrected chi connectivity index (χ3v) is 4.36. The third kappa shape index (κ3) is 3.33. The molecule has 0 bridgehead atoms. The van der Waals surface area contributed by atoms with Crippen LogP contribution in [0.1, 0.15) is 15.9 Å². The van der Waals surface area contributed by atoms with Crippen LogP contribution in [0, 0.1) is 5.21 Å². The van der Waals surface area contributed by atoms with Gasteiger partial charge in [0.1, 0.15) is 5.69 Å². The normalized spacial score (nSPS) is 11.5. The summed E-state index contributed by atoms with van der Waals surface area (Å²) in [7, 11) is 0. The van der Waals surface area contributed by atoms with Gasteiger partial charge in [-0.2, -0.15) is 0 Å². The van der Waals surface area contributed by atoms with E-state index in [1.54, 1.807) is 54.6 Å². The summed E-state index contributed by atoms with van der Waals surface area (Å²) in [6, 6.07) is 29.0. The number of carbonyl (C=O) groups excluding carboxylic acids is 1. The highest BCUT2D eigenvalue weighted by Gasteiger charge is 2.17. The number of benzene rings is 4. The summed E-state index contributed by atoms with van der Waals surface area (Å²) >= 11 is 0. The van der Waals surface area contributed by atoms with Gasteiger partial charge in [-0.25, -0.2) is 0 Å². The highest BCUT2D eigenvalue weighted by Crippen LogP contribution is 2.27. The van der Waals surface area contributed by atoms with Crippen molar-refractivity contribution in [3.05, 3.63) is 113 Å². The maximum Gasteiger partial charge on any atom is 0.244 e. The molecule has 0 aromatic heterocycles. The van der Waals surface area contributed by atoms with Gasteiger partial charge in [-0.1, -0.05) is 77.7 Å². The number of ketones is 1. The zero-order valence-electron chi connectivity index (χ0n) is 14.4. The van der Waals surface area contributed by atoms with Crippen molar-refractivity contribution in [3.8, 4) is 0 Å². The minimum Gasteiger partial charge on any atom is -0.594 e. The topological polar surface area (TPSA) is 55.5 Å². The lowest BCUT2D eigenvalue weighted by Gasteiger charge is -2.07. The molecule has 0 atom stereocenters. The lowest BCUT2D eigenvalue weighted by atomic mass is 9.96. The number of para-hydroxylation sites is 1. The van der Waals surface area contributed by atoms with Crippen molar-refractivity contribution >= 4 is 27.9 Å². The fourth-order valence-electron chi connectivity index (χ4n) is 3.03. The van der Waals surface area contributed by atoms with Crippen molar-refractivity contribution < 1.29 is 9.66 Å². The predicted molar refractivity (Wildman–Crippen MR) is 106 cm³/mol. The summed E-state index contributed by atoms with van der Waals surface area (Å²) in [6.45, 7) is 0. The zero-order chi connectivity index (χ0) is 18.6. The quantitative estimate of drug-likeness (QED) is 0.196. The monoisotopic (exact) mass is 352 g/mol. The van der Waals surface area contributed by atoms with Crippen LogP contribution in [0.25, 0.3) is 10.8 Å². The first-order chi connectivity index (χ1) is 13.2. The van der Waals surface area contributed by atoms with Crippen molar-refractivity contribution in [1.82, 2.24) is 0 Å². The number of hydrogen-bond acceptors (Lipinski definition) is 3. The maximum atomic E-state index is 13.2. The van der Waals surface area contributed by atoms with Crippen LogP contribution in [0.3, 0.4) is 0 Å². The van der Waals surface area contributed by atoms with Gasteiger partial charge in [0.05, 0.1) is 5.56 Å². The summed E-state index contributed by atoms with van der Waals surface area (Å²) < 4.78 is 0. The van der Waals surface area contributed by atoms with Gasteiger partial charge < -0.3 is 5.21 Å². The molecule has 0 aliphatic heterocycles. The van der Waals surface area contributed by atoms with Gasteiger partial charge in [-0.05, 0) is 22.9 Å². The lowest BCUT2D eigenvalue weighted by Crippen LogP contribution is -2.03. The van der Waals surface area contributed by atoms with Crippen molar-refractivity contribution in [3.63, 3.8) is 0 Å². The molecule has 130 valence electrons. The molecule has 4 aromatic carbocycles. The molecule has 0 heterocycles. The Kier molecular flexibility index (Phi) is 4.45. The van der Waals surface area contributed by atoms with Crippen molar-refractivity contribution in [2.45, 2.75) is 0 Å². The van der Waals surface area contributed by atoms with Crippen LogP contribution in [-0.4, -0.2) is 10.6 Å². The van der Waals surface area contributed by atoms with E-state index in [4.69, 9.17) is 0 Å². The van der Waals surface area contributed by atoms with Gasteiger partial charge in [-0.15, -0.1) is 0 Å². The van der Waals surface area contributed by atoms with Gasteiger partial charge >= 0.3 is 0 Å². The Bertz CT molecular complexity index is 1150. The Morgan fingerprint density at radius 3 is 2.19 bits per heavy atom. The molecule has 0 radical (unpaired) electrons. The van der Waals surface area contributed by atoms with Crippen LogP contribution >= 0.6 is 0 Å². The van der Waals surface area contributed by atoms with E-state index in [-0.39, 0.29) is 5.78 Å². The first kappa shape index (κ1) is 16.7. The molecule has 0 amide bonds. The number of hydrogen-bond donors (Lipinski definition) is 0. The molecule has 0 aliphatic rings. The smallest absolute Gasteiger partial charge is 0.244 e. The molecule has 0 unspecified atom stereocenters. The van der Waals surface area contributed by atoms with Gasteiger partial charge in [0.25, 0.3) is 0 Å². The number of carbonyl (C=O) groups is 1. The van der Waals surface area contributed by atoms with Crippen LogP contribution < -0.4 is 0 Å². The van der Waals surface area contributed by atoms with Crippen LogP contribution in [0.5, 0.6) is 0 Å². The fourth-order valence-corrected chi connectivity index (χ4v) is 3.03. The molecule has 27 heavy (non-hydrogen) atoms. The first-order valence-electron chi connectivity index (χ1n) is 8.59. The van der Waals surface area contributed by atoms with Gasteiger partial charge in [0.15, 0.2) is 5.78 Å². The maximum absolute atomic E-state index is 13.2. The Balaban J connectivity index is 1.80. The van der Waals surface area contributed by atoms with Crippen molar-refractivity contribution in [2.24, 2.45) is 5.11 Å². The summed E-state index contributed by atoms with van der Waals surface area (Å²) in [5.74, 6) is -0.160. The SMILES string of the molecule is O=C(c1ccccc1N=[N+]([O-])c1ccccc1)c1cccc2ccccc12. The van der Waals surface area contributed by atoms with Crippen LogP contribution in [0.15, 0.2) is 102 Å². The number of azo groups is 1. The van der Waals surface area contributed by atoms with Crippen LogP contribution in [0.4, 0.5) is 11.4 Å². The molecule has 4 aromatic rings. The molecule has 4 nitrogen and oxygen atoms in total. The van der Waals surface area contributed by atoms with Crippen molar-refractivity contribution in [1.29, 1.82) is 0 Å². The summed E-state index contributed by atoms with van der Waals surface area (Å²) in [5, 5.41) is 18.4. The molecular formula is C23H16N2O2. The highest BCUT2D eigenvalue weighted by molar-refractivity contribution is 6.18. The van der Waals surface area contributed by atoms with E-state index in [0.717, 1.165) is 10.8 Å². The molecule has 0 spiro atoms. The van der Waals surface area contributed by atoms with Gasteiger partial charge in [0, 0.05) is 22.8 Å². The Morgan fingerprint density at radius 1 is 0.704 bits per heavy atom. The molecule has 0 fully saturated rings. The van der Waals surface area contributed by atoms with E-state index in [1.807, 2.05) is 42.5 Å². The van der Waals surface area contributed by atoms with Gasteiger partial charge in [0.2, 0.25) is 5.69 Å². The zero-order valence-corrected chi connectivity index (χ0v) is 14.4. The lowest BCUT2D eigenvalue weighted by molar-refractivity contribution is -0.435. The average molecular weight is 352 g/mol. The van der Waals surface area contributed by atoms with E-state index in [9.17, 15) is 10.0 Å². The van der Waals surface area contributed by atoms with E-state index >= 15 is 0 Å². The third-order valence-electron chi connectivity index (χ3n) is 4.36. The average Bonchev–Trinajstić information content (AvgIpc) is 2.74. The summed E-state index contributed by atoms with van der Waals surface area (Å²) in [6.07, 6.45) is 0. The minimum absolute atomic E-state index is 0.160.